The van der Waals surface area contributed by atoms with Crippen molar-refractivity contribution >= 4 is 29.7 Å². The lowest BCUT2D eigenvalue weighted by Crippen LogP contribution is -2.42. The second-order valence-corrected chi connectivity index (χ2v) is 4.91. The number of thiophene rings is 1. The van der Waals surface area contributed by atoms with E-state index in [9.17, 15) is 13.6 Å². The van der Waals surface area contributed by atoms with Crippen molar-refractivity contribution in [1.29, 1.82) is 0 Å². The fourth-order valence-corrected chi connectivity index (χ4v) is 2.60. The van der Waals surface area contributed by atoms with E-state index in [4.69, 9.17) is 0 Å². The van der Waals surface area contributed by atoms with Crippen molar-refractivity contribution in [2.75, 3.05) is 13.1 Å². The highest BCUT2D eigenvalue weighted by atomic mass is 35.5. The quantitative estimate of drug-likeness (QED) is 0.896. The van der Waals surface area contributed by atoms with E-state index >= 15 is 0 Å². The third-order valence-corrected chi connectivity index (χ3v) is 3.62. The molecule has 1 saturated heterocycles. The zero-order chi connectivity index (χ0) is 13.0. The molecule has 0 radical (unpaired) electrons. The Kier molecular flexibility index (Phi) is 6.47. The Labute approximate surface area is 119 Å². The minimum Gasteiger partial charge on any atom is -0.433 e. The number of rotatable bonds is 4. The van der Waals surface area contributed by atoms with Crippen LogP contribution in [-0.2, 0) is 0 Å². The van der Waals surface area contributed by atoms with Gasteiger partial charge in [-0.3, -0.25) is 4.79 Å². The van der Waals surface area contributed by atoms with E-state index in [1.165, 1.54) is 6.07 Å². The van der Waals surface area contributed by atoms with Gasteiger partial charge in [-0.1, -0.05) is 0 Å². The molecule has 1 amide bonds. The molecule has 0 aliphatic carbocycles. The fourth-order valence-electron chi connectivity index (χ4n) is 1.87. The van der Waals surface area contributed by atoms with Crippen LogP contribution in [0.1, 0.15) is 22.5 Å². The van der Waals surface area contributed by atoms with Gasteiger partial charge in [0.15, 0.2) is 0 Å². The van der Waals surface area contributed by atoms with Crippen LogP contribution >= 0.6 is 23.7 Å². The maximum Gasteiger partial charge on any atom is 0.387 e. The number of carbonyl (C=O) groups is 1. The topological polar surface area (TPSA) is 50.4 Å². The van der Waals surface area contributed by atoms with E-state index in [1.807, 2.05) is 0 Å². The van der Waals surface area contributed by atoms with Gasteiger partial charge < -0.3 is 15.4 Å². The van der Waals surface area contributed by atoms with Crippen molar-refractivity contribution < 1.29 is 18.3 Å². The van der Waals surface area contributed by atoms with E-state index in [0.29, 0.717) is 0 Å². The fraction of sp³-hybridized carbons (Fsp3) is 0.545. The summed E-state index contributed by atoms with van der Waals surface area (Å²) in [7, 11) is 0. The molecular weight excluding hydrogens is 298 g/mol. The van der Waals surface area contributed by atoms with Gasteiger partial charge >= 0.3 is 6.61 Å². The molecule has 108 valence electrons. The zero-order valence-corrected chi connectivity index (χ0v) is 11.7. The first-order chi connectivity index (χ1) is 8.66. The molecule has 1 aliphatic rings. The lowest BCUT2D eigenvalue weighted by Gasteiger charge is -2.23. The van der Waals surface area contributed by atoms with Crippen LogP contribution in [0.4, 0.5) is 8.78 Å². The van der Waals surface area contributed by atoms with E-state index in [2.05, 4.69) is 15.4 Å². The van der Waals surface area contributed by atoms with Gasteiger partial charge in [-0.05, 0) is 37.4 Å². The molecule has 19 heavy (non-hydrogen) atoms. The van der Waals surface area contributed by atoms with Gasteiger partial charge in [-0.2, -0.15) is 8.78 Å². The molecule has 2 N–H and O–H groups in total. The number of hydrogen-bond acceptors (Lipinski definition) is 4. The molecule has 4 nitrogen and oxygen atoms in total. The number of ether oxygens (including phenoxy) is 1. The van der Waals surface area contributed by atoms with Gasteiger partial charge in [0.05, 0.1) is 0 Å². The summed E-state index contributed by atoms with van der Waals surface area (Å²) in [5.74, 6) is -0.394. The second-order valence-electron chi connectivity index (χ2n) is 3.99. The highest BCUT2D eigenvalue weighted by molar-refractivity contribution is 7.12. The molecule has 1 fully saturated rings. The predicted octanol–water partition coefficient (Wildman–Crippen LogP) is 2.25. The molecule has 0 saturated carbocycles. The standard InChI is InChI=1S/C11H14F2N2O2S.ClH/c12-11(13)17-8-3-6-18-9(8)10(16)15-7-1-4-14-5-2-7;/h3,6-7,11,14H,1-2,4-5H2,(H,15,16);1H. The van der Waals surface area contributed by atoms with E-state index in [0.717, 1.165) is 37.3 Å². The zero-order valence-electron chi connectivity index (χ0n) is 10.0. The Bertz CT molecular complexity index is 411. The third-order valence-electron chi connectivity index (χ3n) is 2.73. The van der Waals surface area contributed by atoms with Crippen molar-refractivity contribution in [1.82, 2.24) is 10.6 Å². The van der Waals surface area contributed by atoms with Crippen LogP contribution in [0.3, 0.4) is 0 Å². The van der Waals surface area contributed by atoms with Crippen LogP contribution in [0.5, 0.6) is 5.75 Å². The van der Waals surface area contributed by atoms with Crippen LogP contribution in [0.2, 0.25) is 0 Å². The highest BCUT2D eigenvalue weighted by Gasteiger charge is 2.21. The van der Waals surface area contributed by atoms with Crippen molar-refractivity contribution in [3.05, 3.63) is 16.3 Å². The second kappa shape index (κ2) is 7.62. The number of nitrogens with one attached hydrogen (secondary N) is 2. The minimum absolute atomic E-state index is 0. The maximum atomic E-state index is 12.1. The maximum absolute atomic E-state index is 12.1. The normalized spacial score (nSPS) is 15.9. The molecule has 0 unspecified atom stereocenters. The van der Waals surface area contributed by atoms with E-state index in [-0.39, 0.29) is 35.0 Å². The number of halogens is 3. The largest absolute Gasteiger partial charge is 0.433 e. The Balaban J connectivity index is 0.00000180. The minimum atomic E-state index is -2.91. The predicted molar refractivity (Wildman–Crippen MR) is 71.6 cm³/mol. The summed E-state index contributed by atoms with van der Waals surface area (Å²) in [5, 5.41) is 7.59. The molecular formula is C11H15ClF2N2O2S. The summed E-state index contributed by atoms with van der Waals surface area (Å²) >= 11 is 1.10. The van der Waals surface area contributed by atoms with Crippen molar-refractivity contribution in [3.8, 4) is 5.75 Å². The molecule has 1 aliphatic heterocycles. The van der Waals surface area contributed by atoms with Gasteiger partial charge in [-0.15, -0.1) is 23.7 Å². The summed E-state index contributed by atoms with van der Waals surface area (Å²) in [4.78, 5) is 12.1. The SMILES string of the molecule is Cl.O=C(NC1CCNCC1)c1sccc1OC(F)F. The Morgan fingerprint density at radius 1 is 1.47 bits per heavy atom. The van der Waals surface area contributed by atoms with E-state index < -0.39 is 6.61 Å². The number of hydrogen-bond donors (Lipinski definition) is 2. The number of amides is 1. The van der Waals surface area contributed by atoms with Crippen molar-refractivity contribution in [2.45, 2.75) is 25.5 Å². The summed E-state index contributed by atoms with van der Waals surface area (Å²) in [6, 6.07) is 1.48. The molecule has 2 heterocycles. The van der Waals surface area contributed by atoms with Gasteiger partial charge in [0.2, 0.25) is 0 Å². The summed E-state index contributed by atoms with van der Waals surface area (Å²) in [5.41, 5.74) is 0. The van der Waals surface area contributed by atoms with Gasteiger partial charge in [-0.25, -0.2) is 0 Å². The highest BCUT2D eigenvalue weighted by Crippen LogP contribution is 2.26. The lowest BCUT2D eigenvalue weighted by atomic mass is 10.1. The molecule has 0 aromatic carbocycles. The molecule has 0 bridgehead atoms. The van der Waals surface area contributed by atoms with Crippen LogP contribution in [0.25, 0.3) is 0 Å². The average molecular weight is 313 g/mol. The third kappa shape index (κ3) is 4.59. The molecule has 8 heteroatoms. The van der Waals surface area contributed by atoms with Crippen molar-refractivity contribution in [2.24, 2.45) is 0 Å². The smallest absolute Gasteiger partial charge is 0.387 e. The van der Waals surface area contributed by atoms with Crippen molar-refractivity contribution in [3.63, 3.8) is 0 Å². The monoisotopic (exact) mass is 312 g/mol. The Morgan fingerprint density at radius 3 is 2.79 bits per heavy atom. The lowest BCUT2D eigenvalue weighted by molar-refractivity contribution is -0.0498. The molecule has 1 aromatic heterocycles. The average Bonchev–Trinajstić information content (AvgIpc) is 2.77. The first kappa shape index (κ1) is 16.1. The number of carbonyl (C=O) groups excluding carboxylic acids is 1. The van der Waals surface area contributed by atoms with Gasteiger partial charge in [0.1, 0.15) is 10.6 Å². The Hall–Kier alpha value is -0.920. The van der Waals surface area contributed by atoms with Crippen LogP contribution in [-0.4, -0.2) is 31.7 Å². The first-order valence-electron chi connectivity index (χ1n) is 5.70. The molecule has 2 rings (SSSR count). The number of alkyl halides is 2. The molecule has 0 spiro atoms. The van der Waals surface area contributed by atoms with E-state index in [1.54, 1.807) is 5.38 Å². The van der Waals surface area contributed by atoms with Crippen LogP contribution in [0.15, 0.2) is 11.4 Å². The van der Waals surface area contributed by atoms with Gasteiger partial charge in [0, 0.05) is 6.04 Å². The summed E-state index contributed by atoms with van der Waals surface area (Å²) in [6.45, 7) is -1.20. The Morgan fingerprint density at radius 2 is 2.16 bits per heavy atom. The first-order valence-corrected chi connectivity index (χ1v) is 6.58. The van der Waals surface area contributed by atoms with Crippen LogP contribution in [0, 0.1) is 0 Å². The molecule has 0 atom stereocenters. The summed E-state index contributed by atoms with van der Waals surface area (Å²) < 4.78 is 28.6. The summed E-state index contributed by atoms with van der Waals surface area (Å²) in [6.07, 6.45) is 1.70. The number of piperidine rings is 1. The van der Waals surface area contributed by atoms with Gasteiger partial charge in [0.25, 0.3) is 5.91 Å². The van der Waals surface area contributed by atoms with Crippen LogP contribution < -0.4 is 15.4 Å². The molecule has 1 aromatic rings.